The van der Waals surface area contributed by atoms with Gasteiger partial charge in [0, 0.05) is 21.3 Å². The predicted octanol–water partition coefficient (Wildman–Crippen LogP) is 3.73. The molecule has 0 aliphatic carbocycles. The number of anilines is 1. The normalized spacial score (nSPS) is 11.6. The minimum atomic E-state index is -3.55. The molecule has 0 saturated carbocycles. The Kier molecular flexibility index (Phi) is 5.43. The first-order valence-electron chi connectivity index (χ1n) is 6.50. The van der Waals surface area contributed by atoms with E-state index in [9.17, 15) is 8.42 Å². The quantitative estimate of drug-likeness (QED) is 0.792. The Bertz CT molecular complexity index is 726. The minimum absolute atomic E-state index is 0.300. The van der Waals surface area contributed by atoms with Crippen molar-refractivity contribution in [3.8, 4) is 0 Å². The Morgan fingerprint density at radius 1 is 1.33 bits per heavy atom. The third kappa shape index (κ3) is 4.06. The second-order valence-electron chi connectivity index (χ2n) is 4.57. The van der Waals surface area contributed by atoms with Gasteiger partial charge in [-0.1, -0.05) is 19.1 Å². The molecule has 0 aliphatic heterocycles. The highest BCUT2D eigenvalue weighted by Gasteiger charge is 2.18. The van der Waals surface area contributed by atoms with Crippen molar-refractivity contribution in [1.29, 1.82) is 0 Å². The fourth-order valence-corrected chi connectivity index (χ4v) is 4.58. The number of rotatable bonds is 6. The summed E-state index contributed by atoms with van der Waals surface area (Å²) in [7, 11) is -3.55. The summed E-state index contributed by atoms with van der Waals surface area (Å²) in [6.45, 7) is 5.47. The Hall–Kier alpha value is -0.890. The maximum Gasteiger partial charge on any atom is 0.262 e. The van der Waals surface area contributed by atoms with E-state index in [4.69, 9.17) is 0 Å². The van der Waals surface area contributed by atoms with Crippen LogP contribution in [0.25, 0.3) is 0 Å². The van der Waals surface area contributed by atoms with Gasteiger partial charge in [0.25, 0.3) is 10.0 Å². The van der Waals surface area contributed by atoms with E-state index in [-0.39, 0.29) is 0 Å². The van der Waals surface area contributed by atoms with Gasteiger partial charge in [0.1, 0.15) is 0 Å². The number of aryl methyl sites for hydroxylation is 1. The first-order chi connectivity index (χ1) is 9.94. The van der Waals surface area contributed by atoms with Gasteiger partial charge in [-0.2, -0.15) is 0 Å². The summed E-state index contributed by atoms with van der Waals surface area (Å²) in [5, 5.41) is 4.85. The van der Waals surface area contributed by atoms with Crippen molar-refractivity contribution in [3.63, 3.8) is 0 Å². The van der Waals surface area contributed by atoms with Crippen LogP contribution in [0.1, 0.15) is 17.4 Å². The molecule has 2 N–H and O–H groups in total. The van der Waals surface area contributed by atoms with E-state index in [0.717, 1.165) is 21.5 Å². The molecule has 0 radical (unpaired) electrons. The van der Waals surface area contributed by atoms with Gasteiger partial charge in [-0.15, -0.1) is 11.3 Å². The molecule has 1 aromatic heterocycles. The molecule has 2 rings (SSSR count). The number of nitrogens with one attached hydrogen (secondary N) is 2. The number of hydrogen-bond acceptors (Lipinski definition) is 4. The van der Waals surface area contributed by atoms with Crippen LogP contribution in [0.2, 0.25) is 0 Å². The molecule has 0 saturated heterocycles. The molecule has 7 heteroatoms. The highest BCUT2D eigenvalue weighted by Crippen LogP contribution is 2.29. The molecule has 0 unspecified atom stereocenters. The van der Waals surface area contributed by atoms with E-state index in [2.05, 4.69) is 26.0 Å². The zero-order chi connectivity index (χ0) is 15.5. The van der Waals surface area contributed by atoms with Crippen LogP contribution >= 0.6 is 27.3 Å². The van der Waals surface area contributed by atoms with Crippen LogP contribution in [0.5, 0.6) is 0 Å². The molecule has 114 valence electrons. The van der Waals surface area contributed by atoms with Crippen LogP contribution in [0.15, 0.2) is 39.0 Å². The van der Waals surface area contributed by atoms with E-state index in [1.807, 2.05) is 26.0 Å². The predicted molar refractivity (Wildman–Crippen MR) is 91.4 cm³/mol. The van der Waals surface area contributed by atoms with Crippen molar-refractivity contribution in [1.82, 2.24) is 5.32 Å². The standard InChI is InChI=1S/C14H17BrN2O2S2/c1-3-16-8-11-7-12(9-20-11)21(18,19)17-13-6-4-5-10(2)14(13)15/h4-7,9,16-17H,3,8H2,1-2H3. The van der Waals surface area contributed by atoms with E-state index in [1.165, 1.54) is 11.3 Å². The van der Waals surface area contributed by atoms with Crippen LogP contribution in [-0.4, -0.2) is 15.0 Å². The van der Waals surface area contributed by atoms with Crippen LogP contribution in [0, 0.1) is 6.92 Å². The van der Waals surface area contributed by atoms with Gasteiger partial charge in [-0.3, -0.25) is 4.72 Å². The van der Waals surface area contributed by atoms with Crippen LogP contribution < -0.4 is 10.0 Å². The number of hydrogen-bond donors (Lipinski definition) is 2. The summed E-state index contributed by atoms with van der Waals surface area (Å²) in [4.78, 5) is 1.30. The molecule has 0 bridgehead atoms. The van der Waals surface area contributed by atoms with E-state index < -0.39 is 10.0 Å². The molecule has 2 aromatic rings. The summed E-state index contributed by atoms with van der Waals surface area (Å²) >= 11 is 4.85. The Balaban J connectivity index is 2.22. The van der Waals surface area contributed by atoms with Gasteiger partial charge >= 0.3 is 0 Å². The molecule has 0 aliphatic rings. The van der Waals surface area contributed by atoms with Crippen molar-refractivity contribution in [3.05, 3.63) is 44.6 Å². The highest BCUT2D eigenvalue weighted by molar-refractivity contribution is 9.10. The minimum Gasteiger partial charge on any atom is -0.312 e. The first kappa shape index (κ1) is 16.5. The fraction of sp³-hybridized carbons (Fsp3) is 0.286. The van der Waals surface area contributed by atoms with E-state index >= 15 is 0 Å². The fourth-order valence-electron chi connectivity index (χ4n) is 1.77. The second-order valence-corrected chi connectivity index (χ2v) is 8.04. The Morgan fingerprint density at radius 2 is 2.10 bits per heavy atom. The number of thiophene rings is 1. The van der Waals surface area contributed by atoms with Crippen molar-refractivity contribution in [2.45, 2.75) is 25.3 Å². The summed E-state index contributed by atoms with van der Waals surface area (Å²) in [6, 6.07) is 7.18. The molecule has 1 aromatic carbocycles. The van der Waals surface area contributed by atoms with Crippen LogP contribution in [0.3, 0.4) is 0 Å². The molecular formula is C14H17BrN2O2S2. The van der Waals surface area contributed by atoms with E-state index in [0.29, 0.717) is 17.1 Å². The summed E-state index contributed by atoms with van der Waals surface area (Å²) < 4.78 is 28.2. The largest absolute Gasteiger partial charge is 0.312 e. The third-order valence-corrected chi connectivity index (χ3v) is 6.41. The van der Waals surface area contributed by atoms with Crippen molar-refractivity contribution in [2.24, 2.45) is 0 Å². The zero-order valence-electron chi connectivity index (χ0n) is 11.8. The molecule has 0 amide bonds. The zero-order valence-corrected chi connectivity index (χ0v) is 15.0. The van der Waals surface area contributed by atoms with Crippen molar-refractivity contribution < 1.29 is 8.42 Å². The maximum absolute atomic E-state index is 12.4. The molecule has 0 spiro atoms. The third-order valence-electron chi connectivity index (χ3n) is 2.93. The topological polar surface area (TPSA) is 58.2 Å². The lowest BCUT2D eigenvalue weighted by atomic mass is 10.2. The van der Waals surface area contributed by atoms with Gasteiger partial charge in [0.15, 0.2) is 0 Å². The molecule has 1 heterocycles. The monoisotopic (exact) mass is 388 g/mol. The number of sulfonamides is 1. The van der Waals surface area contributed by atoms with Gasteiger partial charge in [-0.25, -0.2) is 8.42 Å². The molecule has 4 nitrogen and oxygen atoms in total. The van der Waals surface area contributed by atoms with Gasteiger partial charge < -0.3 is 5.32 Å². The SMILES string of the molecule is CCNCc1cc(S(=O)(=O)Nc2cccc(C)c2Br)cs1. The smallest absolute Gasteiger partial charge is 0.262 e. The highest BCUT2D eigenvalue weighted by atomic mass is 79.9. The first-order valence-corrected chi connectivity index (χ1v) is 9.65. The van der Waals surface area contributed by atoms with Gasteiger partial charge in [-0.05, 0) is 47.1 Å². The maximum atomic E-state index is 12.4. The van der Waals surface area contributed by atoms with Crippen LogP contribution in [0.4, 0.5) is 5.69 Å². The lowest BCUT2D eigenvalue weighted by Gasteiger charge is -2.10. The molecule has 0 atom stereocenters. The van der Waals surface area contributed by atoms with Gasteiger partial charge in [0.05, 0.1) is 10.6 Å². The molecule has 21 heavy (non-hydrogen) atoms. The average molecular weight is 389 g/mol. The number of benzene rings is 1. The Labute approximate surface area is 137 Å². The van der Waals surface area contributed by atoms with Crippen molar-refractivity contribution >= 4 is 43.0 Å². The summed E-state index contributed by atoms with van der Waals surface area (Å²) in [6.07, 6.45) is 0. The van der Waals surface area contributed by atoms with Crippen LogP contribution in [-0.2, 0) is 16.6 Å². The Morgan fingerprint density at radius 3 is 2.81 bits per heavy atom. The van der Waals surface area contributed by atoms with Crippen molar-refractivity contribution in [2.75, 3.05) is 11.3 Å². The lowest BCUT2D eigenvalue weighted by molar-refractivity contribution is 0.601. The number of halogens is 1. The summed E-state index contributed by atoms with van der Waals surface area (Å²) in [5.41, 5.74) is 1.53. The summed E-state index contributed by atoms with van der Waals surface area (Å²) in [5.74, 6) is 0. The van der Waals surface area contributed by atoms with E-state index in [1.54, 1.807) is 17.5 Å². The molecular weight excluding hydrogens is 372 g/mol. The molecule has 0 fully saturated rings. The van der Waals surface area contributed by atoms with Gasteiger partial charge in [0.2, 0.25) is 0 Å². The lowest BCUT2D eigenvalue weighted by Crippen LogP contribution is -2.13. The average Bonchev–Trinajstić information content (AvgIpc) is 2.91. The second kappa shape index (κ2) is 6.91.